The van der Waals surface area contributed by atoms with Crippen LogP contribution in [0.2, 0.25) is 0 Å². The second-order valence-electron chi connectivity index (χ2n) is 3.16. The number of nitrogens with two attached hydrogens (primary N) is 1. The number of H-pyrrole nitrogens is 1. The van der Waals surface area contributed by atoms with E-state index in [1.54, 1.807) is 18.1 Å². The summed E-state index contributed by atoms with van der Waals surface area (Å²) in [4.78, 5) is 15.1. The van der Waals surface area contributed by atoms with Crippen LogP contribution in [0.1, 0.15) is 11.4 Å². The number of imidazole rings is 1. The maximum Gasteiger partial charge on any atom is 0.425 e. The molecule has 1 aromatic rings. The number of thioether (sulfide) groups is 2. The molecule has 0 bridgehead atoms. The largest absolute Gasteiger partial charge is 0.425 e. The molecule has 1 aromatic heterocycles. The predicted molar refractivity (Wildman–Crippen MR) is 76.7 cm³/mol. The van der Waals surface area contributed by atoms with E-state index in [9.17, 15) is 0 Å². The topological polar surface area (TPSA) is 71.4 Å². The van der Waals surface area contributed by atoms with Gasteiger partial charge in [0.1, 0.15) is 0 Å². The molecule has 17 heavy (non-hydrogen) atoms. The Morgan fingerprint density at radius 1 is 1.71 bits per heavy atom. The third-order valence-corrected chi connectivity index (χ3v) is 3.42. The second-order valence-corrected chi connectivity index (χ2v) is 5.09. The lowest BCUT2D eigenvalue weighted by atomic mass is 10.4. The molecule has 0 aliphatic rings. The second kappa shape index (κ2) is 8.03. The van der Waals surface area contributed by atoms with E-state index in [0.29, 0.717) is 11.7 Å². The molecule has 7 heteroatoms. The minimum absolute atomic E-state index is 0.480. The van der Waals surface area contributed by atoms with Gasteiger partial charge in [0.2, 0.25) is 0 Å². The summed E-state index contributed by atoms with van der Waals surface area (Å²) in [6.07, 6.45) is 6.16. The number of amidine groups is 1. The number of nitrogens with zero attached hydrogens (tertiary/aromatic N) is 3. The normalized spacial score (nSPS) is 11.1. The lowest BCUT2D eigenvalue weighted by Crippen LogP contribution is -2.03. The van der Waals surface area contributed by atoms with Crippen LogP contribution in [-0.4, -0.2) is 33.7 Å². The molecule has 0 aliphatic carbocycles. The van der Waals surface area contributed by atoms with Crippen LogP contribution in [0.25, 0.3) is 4.85 Å². The summed E-state index contributed by atoms with van der Waals surface area (Å²) in [5.74, 6) is 1.83. The Balaban J connectivity index is 2.15. The molecular weight excluding hydrogens is 254 g/mol. The fourth-order valence-corrected chi connectivity index (χ4v) is 1.97. The SMILES string of the molecule is CSC(N)=NC#[N+]CCSCc1nc[nH]c1C. The Bertz CT molecular complexity index is 429. The van der Waals surface area contributed by atoms with Gasteiger partial charge < -0.3 is 10.7 Å². The minimum Gasteiger partial charge on any atom is -0.356 e. The van der Waals surface area contributed by atoms with Gasteiger partial charge >= 0.3 is 6.19 Å². The quantitative estimate of drug-likeness (QED) is 0.379. The van der Waals surface area contributed by atoms with E-state index in [4.69, 9.17) is 5.73 Å². The third-order valence-electron chi connectivity index (χ3n) is 1.96. The van der Waals surface area contributed by atoms with Crippen molar-refractivity contribution in [3.8, 4) is 6.19 Å². The molecule has 0 unspecified atom stereocenters. The summed E-state index contributed by atoms with van der Waals surface area (Å²) in [6, 6.07) is 0. The van der Waals surface area contributed by atoms with E-state index in [1.807, 2.05) is 13.2 Å². The molecule has 1 rings (SSSR count). The molecule has 0 atom stereocenters. The number of rotatable bonds is 4. The summed E-state index contributed by atoms with van der Waals surface area (Å²) in [6.45, 7) is 2.72. The summed E-state index contributed by atoms with van der Waals surface area (Å²) in [5, 5.41) is 0.480. The molecule has 92 valence electrons. The predicted octanol–water partition coefficient (Wildman–Crippen LogP) is 1.92. The highest BCUT2D eigenvalue weighted by Crippen LogP contribution is 2.11. The maximum atomic E-state index is 5.47. The van der Waals surface area contributed by atoms with Crippen LogP contribution in [0, 0.1) is 13.1 Å². The highest BCUT2D eigenvalue weighted by atomic mass is 32.2. The standard InChI is InChI=1S/C10H15N5S2/c1-8-9(14-7-13-8)5-17-4-3-12-6-15-10(11)16-2/h7,11H,3-5H2,1-2H3,(H,13,14)/p+1. The van der Waals surface area contributed by atoms with E-state index in [0.717, 1.165) is 22.9 Å². The Labute approximate surface area is 109 Å². The zero-order valence-corrected chi connectivity index (χ0v) is 11.6. The van der Waals surface area contributed by atoms with Gasteiger partial charge in [-0.05, 0) is 13.2 Å². The van der Waals surface area contributed by atoms with Crippen molar-refractivity contribution in [2.75, 3.05) is 18.6 Å². The molecule has 0 amide bonds. The maximum absolute atomic E-state index is 5.47. The zero-order chi connectivity index (χ0) is 12.5. The molecule has 5 nitrogen and oxygen atoms in total. The van der Waals surface area contributed by atoms with Crippen LogP contribution >= 0.6 is 23.5 Å². The van der Waals surface area contributed by atoms with Crippen LogP contribution in [0.5, 0.6) is 0 Å². The van der Waals surface area contributed by atoms with Gasteiger partial charge in [-0.3, -0.25) is 0 Å². The van der Waals surface area contributed by atoms with E-state index in [-0.39, 0.29) is 0 Å². The third kappa shape index (κ3) is 5.65. The monoisotopic (exact) mass is 270 g/mol. The number of aliphatic imine (C=N–C) groups is 1. The van der Waals surface area contributed by atoms with Crippen molar-refractivity contribution in [3.63, 3.8) is 0 Å². The van der Waals surface area contributed by atoms with Gasteiger partial charge in [0.05, 0.1) is 12.0 Å². The summed E-state index contributed by atoms with van der Waals surface area (Å²) >= 11 is 3.17. The van der Waals surface area contributed by atoms with Crippen LogP contribution < -0.4 is 5.73 Å². The van der Waals surface area contributed by atoms with Crippen LogP contribution in [-0.2, 0) is 5.75 Å². The first kappa shape index (κ1) is 13.9. The highest BCUT2D eigenvalue weighted by molar-refractivity contribution is 8.13. The fraction of sp³-hybridized carbons (Fsp3) is 0.500. The van der Waals surface area contributed by atoms with Gasteiger partial charge in [-0.2, -0.15) is 16.6 Å². The summed E-state index contributed by atoms with van der Waals surface area (Å²) in [7, 11) is 0. The van der Waals surface area contributed by atoms with Crippen LogP contribution in [0.4, 0.5) is 0 Å². The van der Waals surface area contributed by atoms with E-state index in [2.05, 4.69) is 26.0 Å². The van der Waals surface area contributed by atoms with Gasteiger partial charge in [-0.25, -0.2) is 4.98 Å². The Morgan fingerprint density at radius 2 is 2.53 bits per heavy atom. The number of hydrogen-bond acceptors (Lipinski definition) is 4. The van der Waals surface area contributed by atoms with E-state index in [1.165, 1.54) is 11.8 Å². The first-order valence-electron chi connectivity index (χ1n) is 5.09. The average molecular weight is 270 g/mol. The number of nitrogens with one attached hydrogen (secondary N) is 1. The summed E-state index contributed by atoms with van der Waals surface area (Å²) in [5.41, 5.74) is 7.70. The van der Waals surface area contributed by atoms with Gasteiger partial charge in [0.25, 0.3) is 5.17 Å². The van der Waals surface area contributed by atoms with E-state index >= 15 is 0 Å². The van der Waals surface area contributed by atoms with E-state index < -0.39 is 0 Å². The van der Waals surface area contributed by atoms with Crippen molar-refractivity contribution < 1.29 is 0 Å². The van der Waals surface area contributed by atoms with Gasteiger partial charge in [-0.15, -0.1) is 0 Å². The van der Waals surface area contributed by atoms with Gasteiger partial charge in [0.15, 0.2) is 6.54 Å². The number of aryl methyl sites for hydroxylation is 1. The number of aromatic amines is 1. The molecule has 0 aliphatic heterocycles. The Hall–Kier alpha value is -1.13. The van der Waals surface area contributed by atoms with Crippen molar-refractivity contribution >= 4 is 28.7 Å². The van der Waals surface area contributed by atoms with Gasteiger partial charge in [-0.1, -0.05) is 11.8 Å². The molecule has 1 heterocycles. The van der Waals surface area contributed by atoms with Crippen molar-refractivity contribution in [1.29, 1.82) is 0 Å². The Morgan fingerprint density at radius 3 is 3.18 bits per heavy atom. The molecular formula is C10H16N5S2+. The first-order chi connectivity index (χ1) is 8.24. The lowest BCUT2D eigenvalue weighted by molar-refractivity contribution is 1.19. The van der Waals surface area contributed by atoms with Crippen molar-refractivity contribution in [1.82, 2.24) is 9.97 Å². The smallest absolute Gasteiger partial charge is 0.356 e. The number of aromatic nitrogens is 2. The molecule has 0 saturated carbocycles. The summed E-state index contributed by atoms with van der Waals surface area (Å²) < 4.78 is 0. The first-order valence-corrected chi connectivity index (χ1v) is 7.47. The van der Waals surface area contributed by atoms with Crippen LogP contribution in [0.15, 0.2) is 11.3 Å². The van der Waals surface area contributed by atoms with Crippen LogP contribution in [0.3, 0.4) is 0 Å². The fourth-order valence-electron chi connectivity index (χ4n) is 0.992. The minimum atomic E-state index is 0.480. The molecule has 0 spiro atoms. The molecule has 3 N–H and O–H groups in total. The molecule has 0 aromatic carbocycles. The Kier molecular flexibility index (Phi) is 6.58. The number of hydrogen-bond donors (Lipinski definition) is 2. The molecule has 0 saturated heterocycles. The van der Waals surface area contributed by atoms with Crippen molar-refractivity contribution in [3.05, 3.63) is 22.6 Å². The lowest BCUT2D eigenvalue weighted by Gasteiger charge is -1.94. The zero-order valence-electron chi connectivity index (χ0n) is 9.93. The van der Waals surface area contributed by atoms with Crippen molar-refractivity contribution in [2.45, 2.75) is 12.7 Å². The van der Waals surface area contributed by atoms with Gasteiger partial charge in [0, 0.05) is 22.2 Å². The highest BCUT2D eigenvalue weighted by Gasteiger charge is 2.00. The average Bonchev–Trinajstić information content (AvgIpc) is 2.73. The molecule has 0 fully saturated rings. The molecule has 0 radical (unpaired) electrons. The van der Waals surface area contributed by atoms with Crippen molar-refractivity contribution in [2.24, 2.45) is 10.7 Å².